The van der Waals surface area contributed by atoms with Crippen molar-refractivity contribution >= 4 is 22.7 Å². The summed E-state index contributed by atoms with van der Waals surface area (Å²) in [7, 11) is 0. The number of H-pyrrole nitrogens is 1. The third-order valence-electron chi connectivity index (χ3n) is 7.67. The Labute approximate surface area is 219 Å². The summed E-state index contributed by atoms with van der Waals surface area (Å²) in [6, 6.07) is 20.5. The first kappa shape index (κ1) is 22.7. The van der Waals surface area contributed by atoms with Crippen molar-refractivity contribution in [1.29, 1.82) is 0 Å². The molecule has 1 N–H and O–H groups in total. The molecule has 0 aliphatic carbocycles. The first-order valence-electron chi connectivity index (χ1n) is 12.9. The van der Waals surface area contributed by atoms with Crippen molar-refractivity contribution in [1.82, 2.24) is 14.8 Å². The number of para-hydroxylation sites is 2. The normalized spacial score (nSPS) is 20.0. The number of benzene rings is 3. The van der Waals surface area contributed by atoms with E-state index >= 15 is 0 Å². The van der Waals surface area contributed by atoms with Crippen LogP contribution in [0.3, 0.4) is 0 Å². The number of ether oxygens (including phenoxy) is 3. The highest BCUT2D eigenvalue weighted by Gasteiger charge is 2.48. The van der Waals surface area contributed by atoms with Crippen molar-refractivity contribution in [2.45, 2.75) is 32.0 Å². The zero-order valence-corrected chi connectivity index (χ0v) is 21.0. The summed E-state index contributed by atoms with van der Waals surface area (Å²) in [6.07, 6.45) is 0.453. The number of aromatic nitrogens is 1. The quantitative estimate of drug-likeness (QED) is 0.436. The van der Waals surface area contributed by atoms with Crippen LogP contribution in [-0.4, -0.2) is 52.6 Å². The third-order valence-corrected chi connectivity index (χ3v) is 7.67. The lowest BCUT2D eigenvalue weighted by Gasteiger charge is -2.47. The zero-order valence-electron chi connectivity index (χ0n) is 21.0. The van der Waals surface area contributed by atoms with E-state index in [9.17, 15) is 9.59 Å². The molecule has 1 fully saturated rings. The monoisotopic (exact) mass is 509 g/mol. The van der Waals surface area contributed by atoms with Crippen LogP contribution >= 0.6 is 0 Å². The molecular formula is C30H27N3O5. The molecule has 192 valence electrons. The van der Waals surface area contributed by atoms with Crippen molar-refractivity contribution < 1.29 is 23.8 Å². The van der Waals surface area contributed by atoms with E-state index in [-0.39, 0.29) is 25.2 Å². The Kier molecular flexibility index (Phi) is 5.28. The number of hydrogen-bond donors (Lipinski definition) is 1. The van der Waals surface area contributed by atoms with Crippen LogP contribution in [-0.2, 0) is 22.6 Å². The molecule has 3 aromatic carbocycles. The topological polar surface area (TPSA) is 84.1 Å². The molecule has 0 spiro atoms. The van der Waals surface area contributed by atoms with Gasteiger partial charge in [0.1, 0.15) is 24.4 Å². The van der Waals surface area contributed by atoms with Gasteiger partial charge < -0.3 is 29.0 Å². The zero-order chi connectivity index (χ0) is 25.8. The van der Waals surface area contributed by atoms with Crippen LogP contribution in [0.4, 0.5) is 0 Å². The molecule has 38 heavy (non-hydrogen) atoms. The Morgan fingerprint density at radius 2 is 1.82 bits per heavy atom. The number of rotatable bonds is 5. The van der Waals surface area contributed by atoms with Crippen molar-refractivity contribution in [3.8, 4) is 17.2 Å². The average Bonchev–Trinajstić information content (AvgIpc) is 3.55. The summed E-state index contributed by atoms with van der Waals surface area (Å²) in [6.45, 7) is 2.97. The van der Waals surface area contributed by atoms with Crippen LogP contribution in [0.2, 0.25) is 0 Å². The SMILES string of the molecule is CCOc1ccccc1C1c2[nH]c3ccccc3c2C[C@H]2C(=O)N(Cc3ccc4c(c3)OCO4)CC(=O)N12. The average molecular weight is 510 g/mol. The standard InChI is InChI=1S/C30H27N3O5/c1-2-36-24-10-6-4-8-20(24)29-28-21(19-7-3-5-9-22(19)31-28)14-23-30(35)32(16-27(34)33(23)29)15-18-11-12-25-26(13-18)38-17-37-25/h3-13,23,29,31H,2,14-17H2,1H3/t23-,29?/m0/s1. The number of piperazine rings is 1. The van der Waals surface area contributed by atoms with Gasteiger partial charge in [-0.3, -0.25) is 9.59 Å². The summed E-state index contributed by atoms with van der Waals surface area (Å²) < 4.78 is 16.9. The Morgan fingerprint density at radius 1 is 1.00 bits per heavy atom. The molecular weight excluding hydrogens is 482 g/mol. The van der Waals surface area contributed by atoms with E-state index in [1.54, 1.807) is 9.80 Å². The van der Waals surface area contributed by atoms with Gasteiger partial charge in [-0.2, -0.15) is 0 Å². The first-order valence-corrected chi connectivity index (χ1v) is 12.9. The van der Waals surface area contributed by atoms with Crippen molar-refractivity contribution in [3.05, 3.63) is 89.1 Å². The van der Waals surface area contributed by atoms with E-state index < -0.39 is 12.1 Å². The fraction of sp³-hybridized carbons (Fsp3) is 0.267. The largest absolute Gasteiger partial charge is 0.494 e. The molecule has 1 aromatic heterocycles. The lowest BCUT2D eigenvalue weighted by Crippen LogP contribution is -2.62. The number of nitrogens with zero attached hydrogens (tertiary/aromatic N) is 2. The number of hydrogen-bond acceptors (Lipinski definition) is 5. The molecule has 4 aromatic rings. The van der Waals surface area contributed by atoms with Gasteiger partial charge in [-0.25, -0.2) is 0 Å². The molecule has 3 aliphatic heterocycles. The Hall–Kier alpha value is -4.46. The van der Waals surface area contributed by atoms with Gasteiger partial charge in [-0.05, 0) is 42.3 Å². The van der Waals surface area contributed by atoms with Gasteiger partial charge in [0.25, 0.3) is 0 Å². The maximum absolute atomic E-state index is 14.0. The number of carbonyl (C=O) groups is 2. The van der Waals surface area contributed by atoms with Crippen molar-refractivity contribution in [3.63, 3.8) is 0 Å². The van der Waals surface area contributed by atoms with Crippen LogP contribution in [0.1, 0.15) is 35.3 Å². The van der Waals surface area contributed by atoms with Gasteiger partial charge in [-0.1, -0.05) is 42.5 Å². The van der Waals surface area contributed by atoms with Gasteiger partial charge in [0.15, 0.2) is 11.5 Å². The molecule has 4 heterocycles. The molecule has 8 nitrogen and oxygen atoms in total. The predicted octanol–water partition coefficient (Wildman–Crippen LogP) is 4.18. The summed E-state index contributed by atoms with van der Waals surface area (Å²) >= 11 is 0. The van der Waals surface area contributed by atoms with Crippen LogP contribution in [0, 0.1) is 0 Å². The predicted molar refractivity (Wildman–Crippen MR) is 140 cm³/mol. The Bertz CT molecular complexity index is 1580. The molecule has 7 rings (SSSR count). The minimum absolute atomic E-state index is 0.00659. The minimum atomic E-state index is -0.614. The molecule has 1 saturated heterocycles. The fourth-order valence-electron chi connectivity index (χ4n) is 6.03. The van der Waals surface area contributed by atoms with Gasteiger partial charge in [-0.15, -0.1) is 0 Å². The second-order valence-electron chi connectivity index (χ2n) is 9.84. The number of fused-ring (bicyclic) bond motifs is 5. The van der Waals surface area contributed by atoms with E-state index in [1.807, 2.05) is 67.6 Å². The second-order valence-corrected chi connectivity index (χ2v) is 9.84. The Morgan fingerprint density at radius 3 is 2.71 bits per heavy atom. The first-order chi connectivity index (χ1) is 18.6. The summed E-state index contributed by atoms with van der Waals surface area (Å²) in [5, 5.41) is 1.08. The van der Waals surface area contributed by atoms with E-state index in [0.717, 1.165) is 33.3 Å². The minimum Gasteiger partial charge on any atom is -0.494 e. The summed E-state index contributed by atoms with van der Waals surface area (Å²) in [4.78, 5) is 34.9. The van der Waals surface area contributed by atoms with Gasteiger partial charge >= 0.3 is 0 Å². The molecule has 2 atom stereocenters. The highest BCUT2D eigenvalue weighted by molar-refractivity contribution is 5.97. The lowest BCUT2D eigenvalue weighted by molar-refractivity contribution is -0.159. The fourth-order valence-corrected chi connectivity index (χ4v) is 6.03. The maximum Gasteiger partial charge on any atom is 0.246 e. The summed E-state index contributed by atoms with van der Waals surface area (Å²) in [5.74, 6) is 1.92. The highest BCUT2D eigenvalue weighted by atomic mass is 16.7. The molecule has 3 aliphatic rings. The van der Waals surface area contributed by atoms with Gasteiger partial charge in [0.2, 0.25) is 18.6 Å². The molecule has 8 heteroatoms. The number of nitrogens with one attached hydrogen (secondary N) is 1. The van der Waals surface area contributed by atoms with Crippen molar-refractivity contribution in [2.24, 2.45) is 0 Å². The number of amides is 2. The molecule has 0 saturated carbocycles. The smallest absolute Gasteiger partial charge is 0.246 e. The van der Waals surface area contributed by atoms with E-state index in [0.29, 0.717) is 36.8 Å². The van der Waals surface area contributed by atoms with Crippen LogP contribution < -0.4 is 14.2 Å². The lowest BCUT2D eigenvalue weighted by atomic mass is 9.85. The number of aromatic amines is 1. The number of carbonyl (C=O) groups excluding carboxylic acids is 2. The van der Waals surface area contributed by atoms with Gasteiger partial charge in [0.05, 0.1) is 6.61 Å². The van der Waals surface area contributed by atoms with E-state index in [2.05, 4.69) is 11.1 Å². The Balaban J connectivity index is 1.31. The molecule has 0 radical (unpaired) electrons. The second kappa shape index (κ2) is 8.83. The molecule has 1 unspecified atom stereocenters. The van der Waals surface area contributed by atoms with E-state index in [4.69, 9.17) is 14.2 Å². The van der Waals surface area contributed by atoms with Crippen LogP contribution in [0.5, 0.6) is 17.2 Å². The summed E-state index contributed by atoms with van der Waals surface area (Å²) in [5.41, 5.74) is 4.78. The maximum atomic E-state index is 14.0. The third kappa shape index (κ3) is 3.51. The van der Waals surface area contributed by atoms with E-state index in [1.165, 1.54) is 0 Å². The van der Waals surface area contributed by atoms with Gasteiger partial charge in [0, 0.05) is 35.1 Å². The van der Waals surface area contributed by atoms with Crippen LogP contribution in [0.15, 0.2) is 66.7 Å². The van der Waals surface area contributed by atoms with Crippen molar-refractivity contribution in [2.75, 3.05) is 19.9 Å². The molecule has 0 bridgehead atoms. The van der Waals surface area contributed by atoms with Crippen LogP contribution in [0.25, 0.3) is 10.9 Å². The molecule has 2 amide bonds. The highest BCUT2D eigenvalue weighted by Crippen LogP contribution is 2.45.